The Balaban J connectivity index is 2.74. The van der Waals surface area contributed by atoms with E-state index < -0.39 is 0 Å². The van der Waals surface area contributed by atoms with Gasteiger partial charge in [0.15, 0.2) is 0 Å². The van der Waals surface area contributed by atoms with Gasteiger partial charge in [-0.3, -0.25) is 4.98 Å². The zero-order chi connectivity index (χ0) is 11.1. The van der Waals surface area contributed by atoms with E-state index in [2.05, 4.69) is 9.88 Å². The molecule has 15 heavy (non-hydrogen) atoms. The topological polar surface area (TPSA) is 25.4 Å². The number of halogens is 2. The van der Waals surface area contributed by atoms with Crippen LogP contribution in [0, 0.1) is 0 Å². The van der Waals surface area contributed by atoms with Crippen LogP contribution in [-0.4, -0.2) is 37.7 Å². The zero-order valence-corrected chi connectivity index (χ0v) is 10.1. The number of methoxy groups -OCH3 is 1. The Morgan fingerprint density at radius 3 is 2.87 bits per heavy atom. The van der Waals surface area contributed by atoms with Gasteiger partial charge >= 0.3 is 0 Å². The first kappa shape index (κ1) is 12.6. The Kier molecular flexibility index (Phi) is 5.76. The van der Waals surface area contributed by atoms with Crippen LogP contribution in [0.5, 0.6) is 0 Å². The Morgan fingerprint density at radius 2 is 2.27 bits per heavy atom. The smallest absolute Gasteiger partial charge is 0.0822 e. The molecule has 0 atom stereocenters. The summed E-state index contributed by atoms with van der Waals surface area (Å²) in [6.07, 6.45) is 3.35. The molecule has 1 aromatic heterocycles. The zero-order valence-electron chi connectivity index (χ0n) is 8.62. The van der Waals surface area contributed by atoms with Gasteiger partial charge in [-0.25, -0.2) is 0 Å². The third-order valence-corrected chi connectivity index (χ3v) is 2.47. The van der Waals surface area contributed by atoms with Gasteiger partial charge in [-0.1, -0.05) is 11.6 Å². The predicted molar refractivity (Wildman–Crippen MR) is 64.1 cm³/mol. The van der Waals surface area contributed by atoms with E-state index in [1.807, 2.05) is 6.07 Å². The molecule has 0 aliphatic heterocycles. The van der Waals surface area contributed by atoms with Crippen LogP contribution < -0.4 is 4.90 Å². The van der Waals surface area contributed by atoms with Crippen LogP contribution in [0.25, 0.3) is 0 Å². The van der Waals surface area contributed by atoms with Crippen LogP contribution in [0.15, 0.2) is 18.5 Å². The molecular weight excluding hydrogens is 235 g/mol. The molecule has 0 radical (unpaired) electrons. The van der Waals surface area contributed by atoms with Crippen LogP contribution >= 0.6 is 23.2 Å². The van der Waals surface area contributed by atoms with Crippen molar-refractivity contribution >= 4 is 28.9 Å². The molecule has 0 saturated heterocycles. The molecular formula is C10H14Cl2N2O. The fraction of sp³-hybridized carbons (Fsp3) is 0.500. The van der Waals surface area contributed by atoms with Gasteiger partial charge in [0.2, 0.25) is 0 Å². The van der Waals surface area contributed by atoms with E-state index in [1.54, 1.807) is 19.5 Å². The summed E-state index contributed by atoms with van der Waals surface area (Å²) in [6, 6.07) is 1.88. The standard InChI is InChI=1S/C10H14Cl2N2O/c1-15-7-6-14(5-3-11)10-2-4-13-8-9(10)12/h2,4,8H,3,5-7H2,1H3. The number of ether oxygens (including phenoxy) is 1. The van der Waals surface area contributed by atoms with E-state index in [0.717, 1.165) is 18.8 Å². The molecule has 1 heterocycles. The van der Waals surface area contributed by atoms with Crippen molar-refractivity contribution in [3.05, 3.63) is 23.5 Å². The minimum atomic E-state index is 0.558. The van der Waals surface area contributed by atoms with E-state index in [1.165, 1.54) is 0 Å². The Bertz CT molecular complexity index is 297. The molecule has 0 aliphatic rings. The average Bonchev–Trinajstić information content (AvgIpc) is 2.25. The summed E-state index contributed by atoms with van der Waals surface area (Å²) < 4.78 is 5.04. The van der Waals surface area contributed by atoms with E-state index in [4.69, 9.17) is 27.9 Å². The largest absolute Gasteiger partial charge is 0.383 e. The quantitative estimate of drug-likeness (QED) is 0.724. The second-order valence-electron chi connectivity index (χ2n) is 3.00. The highest BCUT2D eigenvalue weighted by Gasteiger charge is 2.08. The monoisotopic (exact) mass is 248 g/mol. The maximum atomic E-state index is 6.05. The van der Waals surface area contributed by atoms with Crippen molar-refractivity contribution in [3.63, 3.8) is 0 Å². The Hall–Kier alpha value is -0.510. The molecule has 0 amide bonds. The van der Waals surface area contributed by atoms with Gasteiger partial charge in [0, 0.05) is 38.5 Å². The van der Waals surface area contributed by atoms with Crippen LogP contribution in [0.4, 0.5) is 5.69 Å². The van der Waals surface area contributed by atoms with Gasteiger partial charge < -0.3 is 9.64 Å². The van der Waals surface area contributed by atoms with Crippen molar-refractivity contribution in [1.82, 2.24) is 4.98 Å². The van der Waals surface area contributed by atoms with Crippen LogP contribution in [0.1, 0.15) is 0 Å². The first-order valence-corrected chi connectivity index (χ1v) is 5.60. The second kappa shape index (κ2) is 6.88. The molecule has 84 valence electrons. The van der Waals surface area contributed by atoms with E-state index in [-0.39, 0.29) is 0 Å². The lowest BCUT2D eigenvalue weighted by Crippen LogP contribution is -2.29. The highest BCUT2D eigenvalue weighted by Crippen LogP contribution is 2.23. The molecule has 0 aromatic carbocycles. The van der Waals surface area contributed by atoms with Crippen LogP contribution in [-0.2, 0) is 4.74 Å². The third-order valence-electron chi connectivity index (χ3n) is 2.01. The van der Waals surface area contributed by atoms with Crippen molar-refractivity contribution in [2.45, 2.75) is 0 Å². The number of anilines is 1. The number of alkyl halides is 1. The number of nitrogens with zero attached hydrogens (tertiary/aromatic N) is 2. The van der Waals surface area contributed by atoms with Crippen LogP contribution in [0.2, 0.25) is 5.02 Å². The normalized spacial score (nSPS) is 10.3. The Labute approximate surface area is 100.0 Å². The predicted octanol–water partition coefficient (Wildman–Crippen LogP) is 2.43. The first-order valence-electron chi connectivity index (χ1n) is 4.69. The van der Waals surface area contributed by atoms with E-state index >= 15 is 0 Å². The summed E-state index contributed by atoms with van der Waals surface area (Å²) in [5.41, 5.74) is 0.948. The number of hydrogen-bond acceptors (Lipinski definition) is 3. The molecule has 0 aliphatic carbocycles. The van der Waals surface area contributed by atoms with Gasteiger partial charge in [0.25, 0.3) is 0 Å². The van der Waals surface area contributed by atoms with Gasteiger partial charge in [-0.05, 0) is 6.07 Å². The molecule has 0 N–H and O–H groups in total. The van der Waals surface area contributed by atoms with Crippen molar-refractivity contribution in [2.24, 2.45) is 0 Å². The van der Waals surface area contributed by atoms with Crippen LogP contribution in [0.3, 0.4) is 0 Å². The summed E-state index contributed by atoms with van der Waals surface area (Å²) in [4.78, 5) is 6.03. The summed E-state index contributed by atoms with van der Waals surface area (Å²) in [6.45, 7) is 2.16. The second-order valence-corrected chi connectivity index (χ2v) is 3.78. The highest BCUT2D eigenvalue weighted by molar-refractivity contribution is 6.33. The summed E-state index contributed by atoms with van der Waals surface area (Å²) in [5.74, 6) is 0.558. The third kappa shape index (κ3) is 3.86. The van der Waals surface area contributed by atoms with Gasteiger partial charge in [-0.15, -0.1) is 11.6 Å². The number of rotatable bonds is 6. The molecule has 0 saturated carbocycles. The lowest BCUT2D eigenvalue weighted by atomic mass is 10.3. The average molecular weight is 249 g/mol. The first-order chi connectivity index (χ1) is 7.29. The maximum absolute atomic E-state index is 6.05. The minimum absolute atomic E-state index is 0.558. The summed E-state index contributed by atoms with van der Waals surface area (Å²) >= 11 is 11.8. The van der Waals surface area contributed by atoms with Gasteiger partial charge in [-0.2, -0.15) is 0 Å². The van der Waals surface area contributed by atoms with Gasteiger partial charge in [0.1, 0.15) is 0 Å². The molecule has 0 fully saturated rings. The molecule has 1 rings (SSSR count). The van der Waals surface area contributed by atoms with Crippen molar-refractivity contribution in [3.8, 4) is 0 Å². The van der Waals surface area contributed by atoms with Crippen molar-refractivity contribution < 1.29 is 4.74 Å². The van der Waals surface area contributed by atoms with Gasteiger partial charge in [0.05, 0.1) is 17.3 Å². The number of aromatic nitrogens is 1. The Morgan fingerprint density at radius 1 is 1.47 bits per heavy atom. The fourth-order valence-corrected chi connectivity index (χ4v) is 1.72. The molecule has 0 unspecified atom stereocenters. The minimum Gasteiger partial charge on any atom is -0.383 e. The summed E-state index contributed by atoms with van der Waals surface area (Å²) in [5, 5.41) is 0.638. The van der Waals surface area contributed by atoms with Crippen molar-refractivity contribution in [2.75, 3.05) is 37.6 Å². The van der Waals surface area contributed by atoms with E-state index in [9.17, 15) is 0 Å². The molecule has 0 bridgehead atoms. The molecule has 1 aromatic rings. The fourth-order valence-electron chi connectivity index (χ4n) is 1.28. The van der Waals surface area contributed by atoms with Crippen molar-refractivity contribution in [1.29, 1.82) is 0 Å². The molecule has 5 heteroatoms. The number of pyridine rings is 1. The lowest BCUT2D eigenvalue weighted by Gasteiger charge is -2.24. The maximum Gasteiger partial charge on any atom is 0.0822 e. The highest BCUT2D eigenvalue weighted by atomic mass is 35.5. The summed E-state index contributed by atoms with van der Waals surface area (Å²) in [7, 11) is 1.67. The van der Waals surface area contributed by atoms with E-state index in [0.29, 0.717) is 17.5 Å². The number of hydrogen-bond donors (Lipinski definition) is 0. The lowest BCUT2D eigenvalue weighted by molar-refractivity contribution is 0.205. The molecule has 3 nitrogen and oxygen atoms in total. The molecule has 0 spiro atoms. The SMILES string of the molecule is COCCN(CCCl)c1ccncc1Cl.